The van der Waals surface area contributed by atoms with Crippen LogP contribution in [-0.4, -0.2) is 68.4 Å². The van der Waals surface area contributed by atoms with E-state index in [-0.39, 0.29) is 11.8 Å². The summed E-state index contributed by atoms with van der Waals surface area (Å²) in [5, 5.41) is 15.6. The van der Waals surface area contributed by atoms with E-state index < -0.39 is 0 Å². The number of benzene rings is 3. The van der Waals surface area contributed by atoms with E-state index in [1.165, 1.54) is 0 Å². The number of fused-ring (bicyclic) bond motifs is 1. The van der Waals surface area contributed by atoms with Crippen molar-refractivity contribution < 1.29 is 9.59 Å². The van der Waals surface area contributed by atoms with Gasteiger partial charge in [-0.3, -0.25) is 14.5 Å². The van der Waals surface area contributed by atoms with Gasteiger partial charge in [0.2, 0.25) is 5.91 Å². The van der Waals surface area contributed by atoms with Crippen LogP contribution in [-0.2, 0) is 9.59 Å². The first-order chi connectivity index (χ1) is 18.9. The Balaban J connectivity index is 1.38. The van der Waals surface area contributed by atoms with E-state index >= 15 is 0 Å². The fraction of sp³-hybridized carbons (Fsp3) is 0.258. The fourth-order valence-electron chi connectivity index (χ4n) is 4.99. The van der Waals surface area contributed by atoms with Gasteiger partial charge in [-0.15, -0.1) is 0 Å². The van der Waals surface area contributed by atoms with Gasteiger partial charge >= 0.3 is 0 Å². The second-order valence-corrected chi connectivity index (χ2v) is 10.00. The van der Waals surface area contributed by atoms with E-state index in [2.05, 4.69) is 33.6 Å². The van der Waals surface area contributed by atoms with Gasteiger partial charge in [-0.1, -0.05) is 36.4 Å². The Morgan fingerprint density at radius 1 is 1.03 bits per heavy atom. The lowest BCUT2D eigenvalue weighted by Crippen LogP contribution is -2.40. The molecule has 0 saturated carbocycles. The van der Waals surface area contributed by atoms with Gasteiger partial charge in [0, 0.05) is 37.1 Å². The van der Waals surface area contributed by atoms with Crippen LogP contribution < -0.4 is 15.5 Å². The average Bonchev–Trinajstić information content (AvgIpc) is 3.14. The summed E-state index contributed by atoms with van der Waals surface area (Å²) in [6, 6.07) is 24.7. The van der Waals surface area contributed by atoms with Crippen LogP contribution in [0.5, 0.6) is 0 Å². The summed E-state index contributed by atoms with van der Waals surface area (Å²) in [5.74, 6) is -0.170. The number of nitrogens with one attached hydrogen (secondary N) is 2. The van der Waals surface area contributed by atoms with Gasteiger partial charge < -0.3 is 20.4 Å². The number of nitriles is 1. The molecule has 0 aromatic heterocycles. The molecule has 39 heavy (non-hydrogen) atoms. The predicted molar refractivity (Wildman–Crippen MR) is 155 cm³/mol. The van der Waals surface area contributed by atoms with Gasteiger partial charge in [0.25, 0.3) is 5.91 Å². The zero-order valence-corrected chi connectivity index (χ0v) is 22.3. The topological polar surface area (TPSA) is 91.7 Å². The van der Waals surface area contributed by atoms with Crippen molar-refractivity contribution in [2.45, 2.75) is 6.42 Å². The molecule has 0 radical (unpaired) electrons. The molecule has 1 fully saturated rings. The highest BCUT2D eigenvalue weighted by molar-refractivity contribution is 6.37. The maximum absolute atomic E-state index is 13.1. The first kappa shape index (κ1) is 26.2. The van der Waals surface area contributed by atoms with Crippen molar-refractivity contribution in [2.75, 3.05) is 62.4 Å². The third-order valence-corrected chi connectivity index (χ3v) is 7.27. The molecule has 2 aliphatic heterocycles. The lowest BCUT2D eigenvalue weighted by atomic mass is 9.99. The van der Waals surface area contributed by atoms with Crippen LogP contribution in [0, 0.1) is 11.3 Å². The first-order valence-electron chi connectivity index (χ1n) is 13.1. The highest BCUT2D eigenvalue weighted by atomic mass is 16.2. The number of amides is 2. The fourth-order valence-corrected chi connectivity index (χ4v) is 4.99. The number of rotatable bonds is 6. The Kier molecular flexibility index (Phi) is 7.73. The minimum absolute atomic E-state index is 0.0586. The van der Waals surface area contributed by atoms with Crippen LogP contribution in [0.15, 0.2) is 72.8 Å². The largest absolute Gasteiger partial charge is 0.354 e. The lowest BCUT2D eigenvalue weighted by Gasteiger charge is -2.24. The summed E-state index contributed by atoms with van der Waals surface area (Å²) in [4.78, 5) is 32.3. The van der Waals surface area contributed by atoms with E-state index in [4.69, 9.17) is 0 Å². The van der Waals surface area contributed by atoms with Crippen LogP contribution in [0.25, 0.3) is 11.3 Å². The van der Waals surface area contributed by atoms with E-state index in [9.17, 15) is 14.9 Å². The summed E-state index contributed by atoms with van der Waals surface area (Å²) in [6.07, 6.45) is 1.06. The second kappa shape index (κ2) is 11.5. The summed E-state index contributed by atoms with van der Waals surface area (Å²) in [5.41, 5.74) is 5.49. The SMILES string of the molecule is CN1CCCN(CC(=O)N(C)c2ccc(NC(=C3C(=O)Nc4cc(C#N)ccc43)c3ccccc3)cc2)CC1. The highest BCUT2D eigenvalue weighted by Gasteiger charge is 2.29. The Hall–Kier alpha value is -4.45. The normalized spacial score (nSPS) is 17.0. The minimum atomic E-state index is -0.229. The molecule has 1 saturated heterocycles. The molecular weight excluding hydrogens is 488 g/mol. The van der Waals surface area contributed by atoms with Crippen LogP contribution in [0.4, 0.5) is 17.1 Å². The maximum Gasteiger partial charge on any atom is 0.258 e. The van der Waals surface area contributed by atoms with Crippen molar-refractivity contribution in [1.29, 1.82) is 5.26 Å². The number of likely N-dealkylation sites (N-methyl/N-ethyl adjacent to an activating group) is 2. The first-order valence-corrected chi connectivity index (χ1v) is 13.1. The van der Waals surface area contributed by atoms with Crippen LogP contribution in [0.1, 0.15) is 23.1 Å². The smallest absolute Gasteiger partial charge is 0.258 e. The van der Waals surface area contributed by atoms with Crippen molar-refractivity contribution in [3.8, 4) is 6.07 Å². The summed E-state index contributed by atoms with van der Waals surface area (Å²) >= 11 is 0. The van der Waals surface area contributed by atoms with Crippen molar-refractivity contribution >= 4 is 40.1 Å². The molecule has 2 N–H and O–H groups in total. The van der Waals surface area contributed by atoms with Crippen molar-refractivity contribution in [1.82, 2.24) is 9.80 Å². The predicted octanol–water partition coefficient (Wildman–Crippen LogP) is 4.09. The van der Waals surface area contributed by atoms with E-state index in [0.717, 1.165) is 55.1 Å². The van der Waals surface area contributed by atoms with Gasteiger partial charge in [-0.25, -0.2) is 0 Å². The molecule has 3 aromatic rings. The monoisotopic (exact) mass is 520 g/mol. The Morgan fingerprint density at radius 3 is 2.54 bits per heavy atom. The Labute approximate surface area is 229 Å². The molecule has 2 aliphatic rings. The molecule has 0 bridgehead atoms. The Morgan fingerprint density at radius 2 is 1.79 bits per heavy atom. The van der Waals surface area contributed by atoms with Crippen molar-refractivity contribution in [3.05, 3.63) is 89.5 Å². The quantitative estimate of drug-likeness (QED) is 0.476. The summed E-state index contributed by atoms with van der Waals surface area (Å²) < 4.78 is 0. The molecule has 0 atom stereocenters. The molecule has 8 nitrogen and oxygen atoms in total. The standard InChI is InChI=1S/C31H32N6O2/c1-35-15-6-16-37(18-17-35)21-28(38)36(2)25-12-10-24(11-13-25)33-30(23-7-4-3-5-8-23)29-26-14-9-22(20-32)19-27(26)34-31(29)39/h3-5,7-14,19,33H,6,15-18,21H2,1-2H3,(H,34,39). The van der Waals surface area contributed by atoms with Crippen LogP contribution >= 0.6 is 0 Å². The number of carbonyl (C=O) groups is 2. The van der Waals surface area contributed by atoms with Crippen LogP contribution in [0.2, 0.25) is 0 Å². The van der Waals surface area contributed by atoms with Crippen molar-refractivity contribution in [3.63, 3.8) is 0 Å². The molecule has 8 heteroatoms. The highest BCUT2D eigenvalue weighted by Crippen LogP contribution is 2.38. The van der Waals surface area contributed by atoms with Gasteiger partial charge in [0.15, 0.2) is 0 Å². The molecule has 2 heterocycles. The number of hydrogen-bond donors (Lipinski definition) is 2. The number of anilines is 3. The van der Waals surface area contributed by atoms with Gasteiger partial charge in [-0.2, -0.15) is 5.26 Å². The summed E-state index contributed by atoms with van der Waals surface area (Å²) in [7, 11) is 3.93. The molecular formula is C31H32N6O2. The molecule has 2 amide bonds. The average molecular weight is 521 g/mol. The van der Waals surface area contributed by atoms with Crippen molar-refractivity contribution in [2.24, 2.45) is 0 Å². The van der Waals surface area contributed by atoms with E-state index in [1.807, 2.05) is 54.6 Å². The number of nitrogens with zero attached hydrogens (tertiary/aromatic N) is 4. The molecule has 198 valence electrons. The molecule has 0 spiro atoms. The maximum atomic E-state index is 13.1. The molecule has 3 aromatic carbocycles. The zero-order chi connectivity index (χ0) is 27.4. The Bertz CT molecular complexity index is 1440. The lowest BCUT2D eigenvalue weighted by molar-refractivity contribution is -0.119. The van der Waals surface area contributed by atoms with E-state index in [1.54, 1.807) is 30.1 Å². The van der Waals surface area contributed by atoms with Crippen LogP contribution in [0.3, 0.4) is 0 Å². The van der Waals surface area contributed by atoms with E-state index in [0.29, 0.717) is 29.1 Å². The molecule has 0 unspecified atom stereocenters. The second-order valence-electron chi connectivity index (χ2n) is 10.00. The van der Waals surface area contributed by atoms with Gasteiger partial charge in [0.05, 0.1) is 35.1 Å². The third kappa shape index (κ3) is 5.85. The molecule has 0 aliphatic carbocycles. The van der Waals surface area contributed by atoms with Gasteiger partial charge in [-0.05, 0) is 68.5 Å². The zero-order valence-electron chi connectivity index (χ0n) is 22.3. The summed E-state index contributed by atoms with van der Waals surface area (Å²) in [6.45, 7) is 4.25. The number of hydrogen-bond acceptors (Lipinski definition) is 6. The molecule has 5 rings (SSSR count). The third-order valence-electron chi connectivity index (χ3n) is 7.27. The number of carbonyl (C=O) groups excluding carboxylic acids is 2. The minimum Gasteiger partial charge on any atom is -0.354 e. The van der Waals surface area contributed by atoms with Gasteiger partial charge in [0.1, 0.15) is 0 Å².